The van der Waals surface area contributed by atoms with Crippen molar-refractivity contribution in [1.82, 2.24) is 9.13 Å². The summed E-state index contributed by atoms with van der Waals surface area (Å²) in [5.41, 5.74) is 0.465. The lowest BCUT2D eigenvalue weighted by Gasteiger charge is -2.12. The van der Waals surface area contributed by atoms with Crippen molar-refractivity contribution < 1.29 is 4.79 Å². The molecule has 0 atom stereocenters. The second-order valence-corrected chi connectivity index (χ2v) is 7.39. The van der Waals surface area contributed by atoms with Gasteiger partial charge in [0.25, 0.3) is 5.56 Å². The average molecular weight is 412 g/mol. The van der Waals surface area contributed by atoms with Crippen molar-refractivity contribution in [2.24, 2.45) is 0 Å². The van der Waals surface area contributed by atoms with Crippen molar-refractivity contribution in [2.75, 3.05) is 5.32 Å². The lowest BCUT2D eigenvalue weighted by atomic mass is 10.3. The predicted molar refractivity (Wildman–Crippen MR) is 112 cm³/mol. The topological polar surface area (TPSA) is 73.1 Å². The zero-order valence-electron chi connectivity index (χ0n) is 14.5. The van der Waals surface area contributed by atoms with Crippen molar-refractivity contribution in [2.45, 2.75) is 6.54 Å². The fourth-order valence-electron chi connectivity index (χ4n) is 2.92. The van der Waals surface area contributed by atoms with Gasteiger partial charge in [0, 0.05) is 10.7 Å². The summed E-state index contributed by atoms with van der Waals surface area (Å²) in [4.78, 5) is 38.4. The lowest BCUT2D eigenvalue weighted by Crippen LogP contribution is -2.40. The summed E-state index contributed by atoms with van der Waals surface area (Å²) >= 11 is 7.14. The van der Waals surface area contributed by atoms with Crippen LogP contribution < -0.4 is 16.6 Å². The Labute approximate surface area is 168 Å². The molecule has 0 unspecified atom stereocenters. The molecule has 2 aromatic heterocycles. The number of benzene rings is 2. The quantitative estimate of drug-likeness (QED) is 0.558. The Kier molecular flexibility index (Phi) is 4.85. The molecule has 1 N–H and O–H groups in total. The Morgan fingerprint density at radius 2 is 1.71 bits per heavy atom. The van der Waals surface area contributed by atoms with Crippen molar-refractivity contribution in [3.63, 3.8) is 0 Å². The van der Waals surface area contributed by atoms with Crippen LogP contribution in [0.5, 0.6) is 0 Å². The Hall–Kier alpha value is -3.16. The molecule has 140 valence electrons. The van der Waals surface area contributed by atoms with Gasteiger partial charge in [-0.3, -0.25) is 14.2 Å². The number of hydrogen-bond acceptors (Lipinski definition) is 4. The molecule has 2 heterocycles. The SMILES string of the molecule is O=C(Cn1c(=O)n(-c2ccc(Cl)cc2)c(=O)c2sccc21)Nc1ccccc1. The van der Waals surface area contributed by atoms with Gasteiger partial charge >= 0.3 is 5.69 Å². The normalized spacial score (nSPS) is 10.9. The number of carbonyl (C=O) groups is 1. The maximum absolute atomic E-state index is 13.1. The van der Waals surface area contributed by atoms with E-state index in [2.05, 4.69) is 5.32 Å². The predicted octanol–water partition coefficient (Wildman–Crippen LogP) is 3.51. The van der Waals surface area contributed by atoms with E-state index < -0.39 is 11.2 Å². The molecule has 4 rings (SSSR count). The summed E-state index contributed by atoms with van der Waals surface area (Å²) in [6.07, 6.45) is 0. The standard InChI is InChI=1S/C20H14ClN3O3S/c21-13-6-8-15(9-7-13)24-19(26)18-16(10-11-28-18)23(20(24)27)12-17(25)22-14-4-2-1-3-5-14/h1-11H,12H2,(H,22,25). The molecule has 0 radical (unpaired) electrons. The first kappa shape index (κ1) is 18.2. The summed E-state index contributed by atoms with van der Waals surface area (Å²) in [7, 11) is 0. The maximum atomic E-state index is 13.1. The highest BCUT2D eigenvalue weighted by atomic mass is 35.5. The average Bonchev–Trinajstić information content (AvgIpc) is 3.18. The van der Waals surface area contributed by atoms with Crippen molar-refractivity contribution >= 4 is 44.7 Å². The van der Waals surface area contributed by atoms with Crippen molar-refractivity contribution in [1.29, 1.82) is 0 Å². The van der Waals surface area contributed by atoms with E-state index in [1.165, 1.54) is 15.9 Å². The van der Waals surface area contributed by atoms with E-state index in [1.54, 1.807) is 60.0 Å². The monoisotopic (exact) mass is 411 g/mol. The summed E-state index contributed by atoms with van der Waals surface area (Å²) < 4.78 is 2.77. The number of halogens is 1. The van der Waals surface area contributed by atoms with E-state index in [4.69, 9.17) is 11.6 Å². The third-order valence-electron chi connectivity index (χ3n) is 4.20. The van der Waals surface area contributed by atoms with Crippen LogP contribution in [0.3, 0.4) is 0 Å². The number of hydrogen-bond donors (Lipinski definition) is 1. The summed E-state index contributed by atoms with van der Waals surface area (Å²) in [5.74, 6) is -0.359. The molecule has 0 fully saturated rings. The molecule has 1 amide bonds. The van der Waals surface area contributed by atoms with Gasteiger partial charge in [-0.25, -0.2) is 9.36 Å². The van der Waals surface area contributed by atoms with Crippen LogP contribution in [-0.2, 0) is 11.3 Å². The van der Waals surface area contributed by atoms with Crippen LogP contribution in [0, 0.1) is 0 Å². The van der Waals surface area contributed by atoms with E-state index in [0.717, 1.165) is 4.57 Å². The molecule has 28 heavy (non-hydrogen) atoms. The van der Waals surface area contributed by atoms with Gasteiger partial charge in [-0.1, -0.05) is 29.8 Å². The summed E-state index contributed by atoms with van der Waals surface area (Å²) in [6.45, 7) is -0.213. The lowest BCUT2D eigenvalue weighted by molar-refractivity contribution is -0.116. The molecule has 0 aliphatic heterocycles. The van der Waals surface area contributed by atoms with Crippen molar-refractivity contribution in [3.05, 3.63) is 91.9 Å². The minimum absolute atomic E-state index is 0.213. The molecule has 0 bridgehead atoms. The molecule has 6 nitrogen and oxygen atoms in total. The number of thiophene rings is 1. The zero-order valence-corrected chi connectivity index (χ0v) is 16.0. The van der Waals surface area contributed by atoms with E-state index in [9.17, 15) is 14.4 Å². The fraction of sp³-hybridized carbons (Fsp3) is 0.0500. The second kappa shape index (κ2) is 7.46. The van der Waals surface area contributed by atoms with Gasteiger partial charge in [0.05, 0.1) is 11.2 Å². The van der Waals surface area contributed by atoms with Gasteiger partial charge in [0.1, 0.15) is 11.2 Å². The molecule has 0 saturated heterocycles. The van der Waals surface area contributed by atoms with Crippen LogP contribution in [0.25, 0.3) is 15.9 Å². The molecule has 2 aromatic carbocycles. The van der Waals surface area contributed by atoms with Gasteiger partial charge in [0.2, 0.25) is 5.91 Å². The highest BCUT2D eigenvalue weighted by Crippen LogP contribution is 2.17. The van der Waals surface area contributed by atoms with Crippen LogP contribution in [0.2, 0.25) is 5.02 Å². The fourth-order valence-corrected chi connectivity index (χ4v) is 3.87. The number of carbonyl (C=O) groups excluding carboxylic acids is 1. The van der Waals surface area contributed by atoms with E-state index in [0.29, 0.717) is 26.6 Å². The molecule has 0 aliphatic carbocycles. The Morgan fingerprint density at radius 3 is 2.43 bits per heavy atom. The third kappa shape index (κ3) is 3.37. The number of anilines is 1. The Morgan fingerprint density at radius 1 is 1.00 bits per heavy atom. The highest BCUT2D eigenvalue weighted by Gasteiger charge is 2.17. The maximum Gasteiger partial charge on any atom is 0.336 e. The largest absolute Gasteiger partial charge is 0.336 e. The molecular weight excluding hydrogens is 398 g/mol. The Balaban J connectivity index is 1.81. The minimum Gasteiger partial charge on any atom is -0.325 e. The smallest absolute Gasteiger partial charge is 0.325 e. The number of nitrogens with one attached hydrogen (secondary N) is 1. The van der Waals surface area contributed by atoms with E-state index in [-0.39, 0.29) is 12.5 Å². The van der Waals surface area contributed by atoms with Gasteiger partial charge in [0.15, 0.2) is 0 Å². The number of rotatable bonds is 4. The highest BCUT2D eigenvalue weighted by molar-refractivity contribution is 7.17. The van der Waals surface area contributed by atoms with Gasteiger partial charge in [-0.15, -0.1) is 11.3 Å². The van der Waals surface area contributed by atoms with Crippen LogP contribution in [0.4, 0.5) is 5.69 Å². The van der Waals surface area contributed by atoms with Crippen LogP contribution in [0.15, 0.2) is 75.6 Å². The van der Waals surface area contributed by atoms with Crippen molar-refractivity contribution in [3.8, 4) is 5.69 Å². The second-order valence-electron chi connectivity index (χ2n) is 6.03. The third-order valence-corrected chi connectivity index (χ3v) is 5.34. The Bertz CT molecular complexity index is 1270. The molecule has 0 spiro atoms. The van der Waals surface area contributed by atoms with E-state index >= 15 is 0 Å². The summed E-state index contributed by atoms with van der Waals surface area (Å²) in [5, 5.41) is 4.98. The molecule has 0 saturated carbocycles. The number of aromatic nitrogens is 2. The number of para-hydroxylation sites is 1. The number of fused-ring (bicyclic) bond motifs is 1. The molecule has 4 aromatic rings. The first-order valence-corrected chi connectivity index (χ1v) is 9.64. The number of nitrogens with zero attached hydrogens (tertiary/aromatic N) is 2. The summed E-state index contributed by atoms with van der Waals surface area (Å²) in [6, 6.07) is 17.0. The molecule has 0 aliphatic rings. The molecular formula is C20H14ClN3O3S. The number of amides is 1. The first-order valence-electron chi connectivity index (χ1n) is 8.38. The van der Waals surface area contributed by atoms with Crippen LogP contribution in [0.1, 0.15) is 0 Å². The van der Waals surface area contributed by atoms with Gasteiger partial charge < -0.3 is 5.32 Å². The minimum atomic E-state index is -0.582. The van der Waals surface area contributed by atoms with Crippen LogP contribution >= 0.6 is 22.9 Å². The molecule has 8 heteroatoms. The van der Waals surface area contributed by atoms with Crippen LogP contribution in [-0.4, -0.2) is 15.0 Å². The van der Waals surface area contributed by atoms with Gasteiger partial charge in [-0.2, -0.15) is 0 Å². The zero-order chi connectivity index (χ0) is 19.7. The van der Waals surface area contributed by atoms with Gasteiger partial charge in [-0.05, 0) is 47.8 Å². The van der Waals surface area contributed by atoms with E-state index in [1.807, 2.05) is 6.07 Å². The first-order chi connectivity index (χ1) is 13.5.